The van der Waals surface area contributed by atoms with Gasteiger partial charge in [-0.05, 0) is 44.9 Å². The predicted molar refractivity (Wildman–Crippen MR) is 245 cm³/mol. The quantitative estimate of drug-likeness (QED) is 0.0324. The third kappa shape index (κ3) is 40.4. The van der Waals surface area contributed by atoms with Gasteiger partial charge in [-0.1, -0.05) is 230 Å². The van der Waals surface area contributed by atoms with Crippen LogP contribution in [0.5, 0.6) is 0 Å². The molecule has 0 aromatic rings. The van der Waals surface area contributed by atoms with Crippen LogP contribution in [0.25, 0.3) is 0 Å². The largest absolute Gasteiger partial charge is 0.462 e. The molecule has 0 aliphatic heterocycles. The van der Waals surface area contributed by atoms with Crippen LogP contribution in [0.15, 0.2) is 48.6 Å². The Morgan fingerprint density at radius 3 is 1.44 bits per heavy atom. The molecule has 57 heavy (non-hydrogen) atoms. The number of nitrogens with one attached hydrogen (secondary N) is 1. The number of hydrogen-bond acceptors (Lipinski definition) is 5. The monoisotopic (exact) mass is 800 g/mol. The van der Waals surface area contributed by atoms with Gasteiger partial charge in [0.1, 0.15) is 6.10 Å². The number of hydrogen-bond donors (Lipinski definition) is 3. The predicted octanol–water partition coefficient (Wildman–Crippen LogP) is 14.3. The van der Waals surface area contributed by atoms with Crippen LogP contribution < -0.4 is 5.32 Å². The summed E-state index contributed by atoms with van der Waals surface area (Å²) >= 11 is 0. The SMILES string of the molecule is CC/C=C/C=C/C=C/C=C\CCCCCCCC(=O)OC(CCCCCCCCCCCCCCCC)CC(=O)NC(CO)C(O)CCCCCCCCCCC. The number of aliphatic hydroxyl groups is 2. The highest BCUT2D eigenvalue weighted by molar-refractivity contribution is 5.77. The van der Waals surface area contributed by atoms with Gasteiger partial charge in [0.2, 0.25) is 5.91 Å². The van der Waals surface area contributed by atoms with Crippen LogP contribution >= 0.6 is 0 Å². The molecule has 332 valence electrons. The molecule has 0 aromatic carbocycles. The maximum Gasteiger partial charge on any atom is 0.306 e. The van der Waals surface area contributed by atoms with E-state index in [9.17, 15) is 19.8 Å². The average Bonchev–Trinajstić information content (AvgIpc) is 3.20. The molecule has 1 amide bonds. The number of ether oxygens (including phenoxy) is 1. The fraction of sp³-hybridized carbons (Fsp3) is 0.804. The molecule has 0 aromatic heterocycles. The van der Waals surface area contributed by atoms with E-state index in [0.29, 0.717) is 19.3 Å². The van der Waals surface area contributed by atoms with Crippen molar-refractivity contribution >= 4 is 11.9 Å². The molecule has 6 nitrogen and oxygen atoms in total. The van der Waals surface area contributed by atoms with Gasteiger partial charge in [0, 0.05) is 6.42 Å². The van der Waals surface area contributed by atoms with Crippen molar-refractivity contribution in [3.05, 3.63) is 48.6 Å². The highest BCUT2D eigenvalue weighted by Crippen LogP contribution is 2.18. The Kier molecular flexibility index (Phi) is 43.2. The maximum atomic E-state index is 13.1. The summed E-state index contributed by atoms with van der Waals surface area (Å²) in [5.41, 5.74) is 0. The van der Waals surface area contributed by atoms with Crippen molar-refractivity contribution in [1.29, 1.82) is 0 Å². The number of aliphatic hydroxyl groups excluding tert-OH is 2. The Bertz CT molecular complexity index is 988. The molecule has 0 saturated carbocycles. The van der Waals surface area contributed by atoms with Crippen LogP contribution in [0.1, 0.15) is 239 Å². The Morgan fingerprint density at radius 2 is 0.947 bits per heavy atom. The van der Waals surface area contributed by atoms with Gasteiger partial charge in [-0.2, -0.15) is 0 Å². The van der Waals surface area contributed by atoms with E-state index < -0.39 is 18.2 Å². The molecule has 0 saturated heterocycles. The molecular weight excluding hydrogens is 707 g/mol. The molecule has 3 unspecified atom stereocenters. The van der Waals surface area contributed by atoms with Crippen molar-refractivity contribution in [3.8, 4) is 0 Å². The number of esters is 1. The van der Waals surface area contributed by atoms with E-state index in [-0.39, 0.29) is 24.9 Å². The number of allylic oxidation sites excluding steroid dienone is 8. The van der Waals surface area contributed by atoms with Gasteiger partial charge in [0.05, 0.1) is 25.2 Å². The van der Waals surface area contributed by atoms with E-state index in [4.69, 9.17) is 4.74 Å². The molecule has 0 rings (SSSR count). The first-order chi connectivity index (χ1) is 28.0. The number of carbonyl (C=O) groups is 2. The van der Waals surface area contributed by atoms with Gasteiger partial charge in [0.25, 0.3) is 0 Å². The molecule has 0 spiro atoms. The minimum absolute atomic E-state index is 0.0698. The lowest BCUT2D eigenvalue weighted by molar-refractivity contribution is -0.151. The Balaban J connectivity index is 4.61. The molecular formula is C51H93NO5. The zero-order valence-electron chi connectivity index (χ0n) is 37.7. The number of amides is 1. The van der Waals surface area contributed by atoms with Crippen molar-refractivity contribution in [2.75, 3.05) is 6.61 Å². The standard InChI is InChI=1S/C51H93NO5/c1-4-7-10-13-16-19-21-23-25-27-29-32-35-38-41-44-51(56)57-47(42-39-36-33-31-28-26-24-22-20-17-14-11-8-5-2)45-50(55)52-48(46-53)49(54)43-40-37-34-30-18-15-12-9-6-3/h7,10,13,16,19,21,23,25,47-49,53-54H,4-6,8-9,11-12,14-15,17-18,20,22,24,26-46H2,1-3H3,(H,52,55)/b10-7+,16-13+,21-19+,25-23-. The van der Waals surface area contributed by atoms with Gasteiger partial charge in [-0.3, -0.25) is 9.59 Å². The van der Waals surface area contributed by atoms with Crippen LogP contribution in [0.4, 0.5) is 0 Å². The van der Waals surface area contributed by atoms with E-state index >= 15 is 0 Å². The van der Waals surface area contributed by atoms with E-state index in [1.54, 1.807) is 0 Å². The van der Waals surface area contributed by atoms with Gasteiger partial charge in [-0.25, -0.2) is 0 Å². The normalized spacial score (nSPS) is 13.7. The van der Waals surface area contributed by atoms with Crippen LogP contribution in [0.3, 0.4) is 0 Å². The summed E-state index contributed by atoms with van der Waals surface area (Å²) < 4.78 is 5.91. The van der Waals surface area contributed by atoms with Gasteiger partial charge >= 0.3 is 5.97 Å². The molecule has 0 heterocycles. The molecule has 6 heteroatoms. The summed E-state index contributed by atoms with van der Waals surface area (Å²) in [5.74, 6) is -0.496. The second-order valence-corrected chi connectivity index (χ2v) is 16.6. The lowest BCUT2D eigenvalue weighted by atomic mass is 10.0. The smallest absolute Gasteiger partial charge is 0.306 e. The molecule has 0 aliphatic carbocycles. The summed E-state index contributed by atoms with van der Waals surface area (Å²) in [7, 11) is 0. The van der Waals surface area contributed by atoms with Crippen LogP contribution in [-0.4, -0.2) is 46.9 Å². The first kappa shape index (κ1) is 54.8. The Labute approximate surface area is 353 Å². The summed E-state index contributed by atoms with van der Waals surface area (Å²) in [6, 6.07) is -0.703. The summed E-state index contributed by atoms with van der Waals surface area (Å²) in [6.07, 6.45) is 53.1. The minimum atomic E-state index is -0.788. The molecule has 0 bridgehead atoms. The van der Waals surface area contributed by atoms with Gasteiger partial charge in [-0.15, -0.1) is 0 Å². The minimum Gasteiger partial charge on any atom is -0.462 e. The zero-order valence-corrected chi connectivity index (χ0v) is 37.7. The number of rotatable bonds is 43. The fourth-order valence-electron chi connectivity index (χ4n) is 7.32. The lowest BCUT2D eigenvalue weighted by Gasteiger charge is -2.24. The highest BCUT2D eigenvalue weighted by atomic mass is 16.5. The molecule has 0 aliphatic rings. The molecule has 3 N–H and O–H groups in total. The Morgan fingerprint density at radius 1 is 0.526 bits per heavy atom. The second-order valence-electron chi connectivity index (χ2n) is 16.6. The van der Waals surface area contributed by atoms with Crippen molar-refractivity contribution < 1.29 is 24.5 Å². The first-order valence-electron chi connectivity index (χ1n) is 24.4. The van der Waals surface area contributed by atoms with E-state index in [2.05, 4.69) is 56.5 Å². The lowest BCUT2D eigenvalue weighted by Crippen LogP contribution is -2.46. The van der Waals surface area contributed by atoms with E-state index in [1.165, 1.54) is 116 Å². The maximum absolute atomic E-state index is 13.1. The van der Waals surface area contributed by atoms with Crippen molar-refractivity contribution in [2.45, 2.75) is 257 Å². The third-order valence-electron chi connectivity index (χ3n) is 11.0. The van der Waals surface area contributed by atoms with Crippen LogP contribution in [0, 0.1) is 0 Å². The average molecular weight is 800 g/mol. The molecule has 3 atom stereocenters. The molecule has 0 fully saturated rings. The van der Waals surface area contributed by atoms with Crippen molar-refractivity contribution in [2.24, 2.45) is 0 Å². The van der Waals surface area contributed by atoms with Gasteiger partial charge in [0.15, 0.2) is 0 Å². The zero-order chi connectivity index (χ0) is 41.7. The summed E-state index contributed by atoms with van der Waals surface area (Å²) in [6.45, 7) is 6.32. The summed E-state index contributed by atoms with van der Waals surface area (Å²) in [5, 5.41) is 23.6. The second kappa shape index (κ2) is 44.9. The van der Waals surface area contributed by atoms with Crippen molar-refractivity contribution in [3.63, 3.8) is 0 Å². The molecule has 0 radical (unpaired) electrons. The van der Waals surface area contributed by atoms with Crippen LogP contribution in [-0.2, 0) is 14.3 Å². The van der Waals surface area contributed by atoms with E-state index in [1.807, 2.05) is 18.2 Å². The first-order valence-corrected chi connectivity index (χ1v) is 24.4. The number of unbranched alkanes of at least 4 members (excludes halogenated alkanes) is 26. The highest BCUT2D eigenvalue weighted by Gasteiger charge is 2.24. The third-order valence-corrected chi connectivity index (χ3v) is 11.0. The topological polar surface area (TPSA) is 95.9 Å². The van der Waals surface area contributed by atoms with Crippen LogP contribution in [0.2, 0.25) is 0 Å². The Hall–Kier alpha value is -2.18. The number of carbonyl (C=O) groups excluding carboxylic acids is 2. The van der Waals surface area contributed by atoms with Crippen molar-refractivity contribution in [1.82, 2.24) is 5.32 Å². The van der Waals surface area contributed by atoms with Gasteiger partial charge < -0.3 is 20.3 Å². The fourth-order valence-corrected chi connectivity index (χ4v) is 7.32. The van der Waals surface area contributed by atoms with E-state index in [0.717, 1.165) is 77.0 Å². The summed E-state index contributed by atoms with van der Waals surface area (Å²) in [4.78, 5) is 26.1.